The number of nitrogens with one attached hydrogen (secondary N) is 1. The van der Waals surface area contributed by atoms with Crippen LogP contribution in [0.15, 0.2) is 22.7 Å². The standard InChI is InChI=1S/C11H12BrClF3NO2S/c1-7(5-13)6-20(18,19)17-8-2-3-10(12)9(4-8)11(14,15)16/h2-4,7,17H,5-6H2,1H3. The third-order valence-electron chi connectivity index (χ3n) is 2.31. The van der Waals surface area contributed by atoms with Crippen LogP contribution >= 0.6 is 27.5 Å². The lowest BCUT2D eigenvalue weighted by atomic mass is 10.2. The molecule has 1 unspecified atom stereocenters. The largest absolute Gasteiger partial charge is 0.417 e. The molecular weight excluding hydrogens is 383 g/mol. The van der Waals surface area contributed by atoms with Crippen molar-refractivity contribution in [2.24, 2.45) is 5.92 Å². The zero-order valence-electron chi connectivity index (χ0n) is 10.3. The summed E-state index contributed by atoms with van der Waals surface area (Å²) in [5.74, 6) is -0.408. The topological polar surface area (TPSA) is 46.2 Å². The lowest BCUT2D eigenvalue weighted by Gasteiger charge is -2.14. The second-order valence-electron chi connectivity index (χ2n) is 4.34. The van der Waals surface area contributed by atoms with Crippen molar-refractivity contribution in [1.29, 1.82) is 0 Å². The first kappa shape index (κ1) is 17.6. The van der Waals surface area contributed by atoms with E-state index in [4.69, 9.17) is 11.6 Å². The smallest absolute Gasteiger partial charge is 0.284 e. The fourth-order valence-corrected chi connectivity index (χ4v) is 3.59. The molecule has 0 radical (unpaired) electrons. The second kappa shape index (κ2) is 6.53. The summed E-state index contributed by atoms with van der Waals surface area (Å²) >= 11 is 8.30. The highest BCUT2D eigenvalue weighted by Gasteiger charge is 2.33. The van der Waals surface area contributed by atoms with Gasteiger partial charge in [0.15, 0.2) is 0 Å². The van der Waals surface area contributed by atoms with Crippen LogP contribution in [-0.4, -0.2) is 20.1 Å². The number of benzene rings is 1. The molecule has 0 saturated carbocycles. The summed E-state index contributed by atoms with van der Waals surface area (Å²) in [6.07, 6.45) is -4.57. The van der Waals surface area contributed by atoms with E-state index in [1.54, 1.807) is 6.92 Å². The van der Waals surface area contributed by atoms with E-state index in [0.717, 1.165) is 12.1 Å². The normalized spacial score (nSPS) is 14.1. The van der Waals surface area contributed by atoms with E-state index < -0.39 is 21.8 Å². The van der Waals surface area contributed by atoms with E-state index >= 15 is 0 Å². The Morgan fingerprint density at radius 2 is 2.00 bits per heavy atom. The number of hydrogen-bond acceptors (Lipinski definition) is 2. The van der Waals surface area contributed by atoms with Gasteiger partial charge in [0, 0.05) is 16.0 Å². The Hall–Kier alpha value is -0.470. The fraction of sp³-hybridized carbons (Fsp3) is 0.455. The van der Waals surface area contributed by atoms with Crippen LogP contribution in [0, 0.1) is 5.92 Å². The van der Waals surface area contributed by atoms with Gasteiger partial charge in [-0.2, -0.15) is 13.2 Å². The van der Waals surface area contributed by atoms with Gasteiger partial charge >= 0.3 is 6.18 Å². The molecule has 20 heavy (non-hydrogen) atoms. The summed E-state index contributed by atoms with van der Waals surface area (Å²) in [4.78, 5) is 0. The van der Waals surface area contributed by atoms with E-state index in [-0.39, 0.29) is 27.7 Å². The fourth-order valence-electron chi connectivity index (χ4n) is 1.45. The Kier molecular flexibility index (Phi) is 5.74. The zero-order valence-corrected chi connectivity index (χ0v) is 13.5. The maximum absolute atomic E-state index is 12.7. The van der Waals surface area contributed by atoms with Gasteiger partial charge in [0.25, 0.3) is 0 Å². The van der Waals surface area contributed by atoms with Crippen LogP contribution in [0.25, 0.3) is 0 Å². The van der Waals surface area contributed by atoms with Gasteiger partial charge in [-0.15, -0.1) is 11.6 Å². The Bertz CT molecular complexity index is 578. The van der Waals surface area contributed by atoms with Crippen molar-refractivity contribution >= 4 is 43.2 Å². The maximum Gasteiger partial charge on any atom is 0.417 e. The highest BCUT2D eigenvalue weighted by molar-refractivity contribution is 9.10. The monoisotopic (exact) mass is 393 g/mol. The van der Waals surface area contributed by atoms with Crippen LogP contribution in [0.3, 0.4) is 0 Å². The molecule has 0 saturated heterocycles. The quantitative estimate of drug-likeness (QED) is 0.765. The molecule has 1 aromatic carbocycles. The van der Waals surface area contributed by atoms with Crippen LogP contribution in [0.4, 0.5) is 18.9 Å². The van der Waals surface area contributed by atoms with Crippen molar-refractivity contribution < 1.29 is 21.6 Å². The maximum atomic E-state index is 12.7. The molecule has 0 bridgehead atoms. The summed E-state index contributed by atoms with van der Waals surface area (Å²) in [5, 5.41) is 0. The molecular formula is C11H12BrClF3NO2S. The van der Waals surface area contributed by atoms with Crippen molar-refractivity contribution in [3.05, 3.63) is 28.2 Å². The van der Waals surface area contributed by atoms with Crippen LogP contribution in [0.5, 0.6) is 0 Å². The van der Waals surface area contributed by atoms with Crippen molar-refractivity contribution in [3.8, 4) is 0 Å². The number of sulfonamides is 1. The highest BCUT2D eigenvalue weighted by atomic mass is 79.9. The minimum Gasteiger partial charge on any atom is -0.284 e. The SMILES string of the molecule is CC(CCl)CS(=O)(=O)Nc1ccc(Br)c(C(F)(F)F)c1. The molecule has 0 aliphatic carbocycles. The summed E-state index contributed by atoms with van der Waals surface area (Å²) < 4.78 is 63.6. The van der Waals surface area contributed by atoms with E-state index in [2.05, 4.69) is 20.7 Å². The van der Waals surface area contributed by atoms with Crippen molar-refractivity contribution in [3.63, 3.8) is 0 Å². The van der Waals surface area contributed by atoms with Gasteiger partial charge in [0.2, 0.25) is 10.0 Å². The first-order valence-electron chi connectivity index (χ1n) is 5.48. The molecule has 9 heteroatoms. The van der Waals surface area contributed by atoms with Gasteiger partial charge in [-0.3, -0.25) is 4.72 Å². The number of hydrogen-bond donors (Lipinski definition) is 1. The predicted molar refractivity (Wildman–Crippen MR) is 76.4 cm³/mol. The Morgan fingerprint density at radius 1 is 1.40 bits per heavy atom. The molecule has 0 aliphatic rings. The van der Waals surface area contributed by atoms with E-state index in [9.17, 15) is 21.6 Å². The Morgan fingerprint density at radius 3 is 2.50 bits per heavy atom. The summed E-state index contributed by atoms with van der Waals surface area (Å²) in [5.41, 5.74) is -1.08. The van der Waals surface area contributed by atoms with Gasteiger partial charge in [-0.1, -0.05) is 22.9 Å². The third kappa shape index (κ3) is 5.14. The molecule has 0 fully saturated rings. The molecule has 1 aromatic rings. The molecule has 1 N–H and O–H groups in total. The zero-order chi connectivity index (χ0) is 15.6. The molecule has 114 valence electrons. The summed E-state index contributed by atoms with van der Waals surface area (Å²) in [6.45, 7) is 1.63. The second-order valence-corrected chi connectivity index (χ2v) is 7.27. The molecule has 0 amide bonds. The lowest BCUT2D eigenvalue weighted by molar-refractivity contribution is -0.138. The van der Waals surface area contributed by atoms with Crippen molar-refractivity contribution in [2.75, 3.05) is 16.4 Å². The lowest BCUT2D eigenvalue weighted by Crippen LogP contribution is -2.22. The number of anilines is 1. The molecule has 0 aliphatic heterocycles. The number of alkyl halides is 4. The number of rotatable bonds is 5. The summed E-state index contributed by atoms with van der Waals surface area (Å²) in [6, 6.07) is 3.14. The minimum absolute atomic E-state index is 0.137. The van der Waals surface area contributed by atoms with E-state index in [1.165, 1.54) is 6.07 Å². The van der Waals surface area contributed by atoms with Crippen molar-refractivity contribution in [1.82, 2.24) is 0 Å². The van der Waals surface area contributed by atoms with Gasteiger partial charge in [0.05, 0.1) is 11.3 Å². The highest BCUT2D eigenvalue weighted by Crippen LogP contribution is 2.36. The molecule has 1 atom stereocenters. The number of halogens is 5. The molecule has 0 heterocycles. The Labute approximate surface area is 128 Å². The average Bonchev–Trinajstić information content (AvgIpc) is 2.29. The van der Waals surface area contributed by atoms with Crippen LogP contribution in [0.1, 0.15) is 12.5 Å². The van der Waals surface area contributed by atoms with Gasteiger partial charge < -0.3 is 0 Å². The van der Waals surface area contributed by atoms with Crippen molar-refractivity contribution in [2.45, 2.75) is 13.1 Å². The van der Waals surface area contributed by atoms with Crippen LogP contribution in [0.2, 0.25) is 0 Å². The predicted octanol–water partition coefficient (Wildman–Crippen LogP) is 4.08. The van der Waals surface area contributed by atoms with E-state index in [1.807, 2.05) is 0 Å². The average molecular weight is 395 g/mol. The van der Waals surface area contributed by atoms with E-state index in [0.29, 0.717) is 0 Å². The van der Waals surface area contributed by atoms with Gasteiger partial charge in [0.1, 0.15) is 0 Å². The summed E-state index contributed by atoms with van der Waals surface area (Å²) in [7, 11) is -3.74. The van der Waals surface area contributed by atoms with Crippen LogP contribution < -0.4 is 4.72 Å². The first-order chi connectivity index (χ1) is 9.05. The molecule has 3 nitrogen and oxygen atoms in total. The molecule has 1 rings (SSSR count). The Balaban J connectivity index is 3.00. The first-order valence-corrected chi connectivity index (χ1v) is 8.46. The third-order valence-corrected chi connectivity index (χ3v) is 5.09. The molecule has 0 aromatic heterocycles. The molecule has 0 spiro atoms. The van der Waals surface area contributed by atoms with Gasteiger partial charge in [-0.25, -0.2) is 8.42 Å². The minimum atomic E-state index is -4.57. The van der Waals surface area contributed by atoms with Crippen LogP contribution in [-0.2, 0) is 16.2 Å². The van der Waals surface area contributed by atoms with Gasteiger partial charge in [-0.05, 0) is 24.1 Å².